The number of fused-ring (bicyclic) bond motifs is 1. The lowest BCUT2D eigenvalue weighted by Crippen LogP contribution is -2.52. The van der Waals surface area contributed by atoms with Crippen LogP contribution in [0, 0.1) is 0 Å². The molecule has 0 saturated carbocycles. The van der Waals surface area contributed by atoms with Gasteiger partial charge in [0, 0.05) is 57.3 Å². The van der Waals surface area contributed by atoms with Gasteiger partial charge in [-0.05, 0) is 74.3 Å². The maximum Gasteiger partial charge on any atom is 0.255 e. The molecule has 2 saturated heterocycles. The highest BCUT2D eigenvalue weighted by atomic mass is 16.7. The monoisotopic (exact) mass is 526 g/mol. The number of hydrogen-bond donors (Lipinski definition) is 0. The van der Waals surface area contributed by atoms with Crippen LogP contribution in [-0.2, 0) is 17.9 Å². The molecule has 7 nitrogen and oxygen atoms in total. The van der Waals surface area contributed by atoms with Crippen LogP contribution in [0.25, 0.3) is 11.1 Å². The number of aromatic nitrogens is 1. The second-order valence-corrected chi connectivity index (χ2v) is 11.3. The molecule has 4 heterocycles. The molecule has 6 rings (SSSR count). The van der Waals surface area contributed by atoms with Crippen LogP contribution in [0.4, 0.5) is 5.82 Å². The minimum atomic E-state index is -0.671. The normalized spacial score (nSPS) is 18.6. The molecule has 204 valence electrons. The summed E-state index contributed by atoms with van der Waals surface area (Å²) in [4.78, 5) is 24.2. The number of rotatable bonds is 5. The number of benzene rings is 2. The summed E-state index contributed by atoms with van der Waals surface area (Å²) in [6.07, 6.45) is 6.72. The van der Waals surface area contributed by atoms with Crippen molar-refractivity contribution in [2.75, 3.05) is 45.2 Å². The highest BCUT2D eigenvalue weighted by Crippen LogP contribution is 2.39. The van der Waals surface area contributed by atoms with Crippen molar-refractivity contribution in [3.63, 3.8) is 0 Å². The molecule has 3 aromatic rings. The van der Waals surface area contributed by atoms with Crippen LogP contribution in [0.5, 0.6) is 5.75 Å². The Morgan fingerprint density at radius 1 is 0.923 bits per heavy atom. The number of amides is 1. The number of ether oxygens (including phenoxy) is 2. The summed E-state index contributed by atoms with van der Waals surface area (Å²) in [5, 5.41) is 0. The van der Waals surface area contributed by atoms with E-state index in [0.717, 1.165) is 42.3 Å². The maximum absolute atomic E-state index is 13.2. The third kappa shape index (κ3) is 5.65. The van der Waals surface area contributed by atoms with E-state index >= 15 is 0 Å². The fraction of sp³-hybridized carbons (Fsp3) is 0.438. The van der Waals surface area contributed by atoms with Crippen LogP contribution in [0.2, 0.25) is 0 Å². The summed E-state index contributed by atoms with van der Waals surface area (Å²) < 4.78 is 12.8. The molecule has 2 aromatic carbocycles. The largest absolute Gasteiger partial charge is 0.462 e. The molecule has 0 bridgehead atoms. The molecule has 1 amide bonds. The van der Waals surface area contributed by atoms with E-state index in [2.05, 4.69) is 71.3 Å². The number of carbonyl (C=O) groups excluding carboxylic acids is 1. The van der Waals surface area contributed by atoms with Crippen LogP contribution >= 0.6 is 0 Å². The van der Waals surface area contributed by atoms with Gasteiger partial charge in [0.15, 0.2) is 0 Å². The topological polar surface area (TPSA) is 58.1 Å². The van der Waals surface area contributed by atoms with Crippen molar-refractivity contribution in [2.24, 2.45) is 0 Å². The first-order chi connectivity index (χ1) is 19.0. The molecule has 39 heavy (non-hydrogen) atoms. The molecule has 7 heteroatoms. The van der Waals surface area contributed by atoms with E-state index in [1.54, 1.807) is 6.20 Å². The van der Waals surface area contributed by atoms with Crippen LogP contribution in [0.3, 0.4) is 0 Å². The number of piperidine rings is 2. The second kappa shape index (κ2) is 11.0. The molecule has 3 aliphatic heterocycles. The summed E-state index contributed by atoms with van der Waals surface area (Å²) in [6.45, 7) is 4.72. The van der Waals surface area contributed by atoms with Crippen molar-refractivity contribution in [3.8, 4) is 16.9 Å². The molecule has 3 aliphatic rings. The third-order valence-electron chi connectivity index (χ3n) is 8.12. The Morgan fingerprint density at radius 2 is 1.67 bits per heavy atom. The highest BCUT2D eigenvalue weighted by Gasteiger charge is 2.42. The zero-order chi connectivity index (χ0) is 26.8. The molecule has 1 aromatic heterocycles. The Hall–Kier alpha value is -3.42. The van der Waals surface area contributed by atoms with Gasteiger partial charge in [-0.3, -0.25) is 4.79 Å². The van der Waals surface area contributed by atoms with Crippen LogP contribution < -0.4 is 9.64 Å². The maximum atomic E-state index is 13.2. The zero-order valence-corrected chi connectivity index (χ0v) is 23.1. The fourth-order valence-electron chi connectivity index (χ4n) is 5.88. The van der Waals surface area contributed by atoms with Gasteiger partial charge in [-0.15, -0.1) is 0 Å². The Labute approximate surface area is 231 Å². The van der Waals surface area contributed by atoms with Gasteiger partial charge in [0.05, 0.1) is 12.2 Å². The van der Waals surface area contributed by atoms with Crippen molar-refractivity contribution in [1.29, 1.82) is 0 Å². The fourth-order valence-corrected chi connectivity index (χ4v) is 5.88. The SMILES string of the molecule is CN(C)Cc1ccc(-c2ccc3c(c2)COC2(CCN(C(=O)c4ccc(N5CCCCC5)nc4)CC2)O3)cc1. The van der Waals surface area contributed by atoms with E-state index in [1.165, 1.54) is 30.4 Å². The molecular formula is C32H38N4O3. The van der Waals surface area contributed by atoms with Crippen LogP contribution in [0.1, 0.15) is 53.6 Å². The first-order valence-electron chi connectivity index (χ1n) is 14.2. The number of hydrogen-bond acceptors (Lipinski definition) is 6. The molecule has 0 aliphatic carbocycles. The van der Waals surface area contributed by atoms with Gasteiger partial charge in [-0.1, -0.05) is 30.3 Å². The quantitative estimate of drug-likeness (QED) is 0.447. The molecule has 0 radical (unpaired) electrons. The standard InChI is InChI=1S/C32H38N4O3/c1-34(2)22-24-6-8-25(9-7-24)26-10-12-29-28(20-26)23-38-32(39-29)14-18-36(19-15-32)31(37)27-11-13-30(33-21-27)35-16-4-3-5-17-35/h6-13,20-21H,3-5,14-19,22-23H2,1-2H3. The van der Waals surface area contributed by atoms with Crippen molar-refractivity contribution in [1.82, 2.24) is 14.8 Å². The average Bonchev–Trinajstić information content (AvgIpc) is 2.98. The van der Waals surface area contributed by atoms with Crippen LogP contribution in [-0.4, -0.2) is 66.8 Å². The summed E-state index contributed by atoms with van der Waals surface area (Å²) >= 11 is 0. The van der Waals surface area contributed by atoms with Gasteiger partial charge in [-0.2, -0.15) is 0 Å². The Morgan fingerprint density at radius 3 is 2.36 bits per heavy atom. The number of pyridine rings is 1. The van der Waals surface area contributed by atoms with Crippen LogP contribution in [0.15, 0.2) is 60.8 Å². The minimum Gasteiger partial charge on any atom is -0.462 e. The van der Waals surface area contributed by atoms with E-state index in [-0.39, 0.29) is 5.91 Å². The lowest BCUT2D eigenvalue weighted by Gasteiger charge is -2.44. The first kappa shape index (κ1) is 25.8. The lowest BCUT2D eigenvalue weighted by atomic mass is 9.98. The van der Waals surface area contributed by atoms with Gasteiger partial charge in [0.1, 0.15) is 11.6 Å². The highest BCUT2D eigenvalue weighted by molar-refractivity contribution is 5.94. The van der Waals surface area contributed by atoms with Gasteiger partial charge in [-0.25, -0.2) is 4.98 Å². The molecule has 2 fully saturated rings. The van der Waals surface area contributed by atoms with Gasteiger partial charge in [0.25, 0.3) is 5.91 Å². The number of likely N-dealkylation sites (tertiary alicyclic amines) is 1. The van der Waals surface area contributed by atoms with Gasteiger partial charge >= 0.3 is 0 Å². The molecule has 0 unspecified atom stereocenters. The summed E-state index contributed by atoms with van der Waals surface area (Å²) in [7, 11) is 4.16. The Kier molecular flexibility index (Phi) is 7.28. The minimum absolute atomic E-state index is 0.0278. The molecule has 1 spiro atoms. The molecular weight excluding hydrogens is 488 g/mol. The van der Waals surface area contributed by atoms with E-state index < -0.39 is 5.79 Å². The van der Waals surface area contributed by atoms with E-state index in [0.29, 0.717) is 38.1 Å². The van der Waals surface area contributed by atoms with E-state index in [4.69, 9.17) is 9.47 Å². The van der Waals surface area contributed by atoms with E-state index in [1.807, 2.05) is 17.0 Å². The summed E-state index contributed by atoms with van der Waals surface area (Å²) in [6, 6.07) is 19.0. The second-order valence-electron chi connectivity index (χ2n) is 11.3. The van der Waals surface area contributed by atoms with Crippen molar-refractivity contribution in [3.05, 3.63) is 77.5 Å². The zero-order valence-electron chi connectivity index (χ0n) is 23.1. The molecule has 0 N–H and O–H groups in total. The van der Waals surface area contributed by atoms with Crippen molar-refractivity contribution < 1.29 is 14.3 Å². The third-order valence-corrected chi connectivity index (χ3v) is 8.12. The van der Waals surface area contributed by atoms with E-state index in [9.17, 15) is 4.79 Å². The summed E-state index contributed by atoms with van der Waals surface area (Å²) in [5.41, 5.74) is 5.35. The molecule has 0 atom stereocenters. The smallest absolute Gasteiger partial charge is 0.255 e. The first-order valence-corrected chi connectivity index (χ1v) is 14.2. The van der Waals surface area contributed by atoms with Crippen molar-refractivity contribution in [2.45, 2.75) is 51.0 Å². The predicted molar refractivity (Wildman–Crippen MR) is 153 cm³/mol. The lowest BCUT2D eigenvalue weighted by molar-refractivity contribution is -0.225. The predicted octanol–water partition coefficient (Wildman–Crippen LogP) is 5.34. The van der Waals surface area contributed by atoms with Gasteiger partial charge in [0.2, 0.25) is 5.79 Å². The number of carbonyl (C=O) groups is 1. The van der Waals surface area contributed by atoms with Gasteiger partial charge < -0.3 is 24.2 Å². The number of anilines is 1. The average molecular weight is 527 g/mol. The van der Waals surface area contributed by atoms with Crippen molar-refractivity contribution >= 4 is 11.7 Å². The Bertz CT molecular complexity index is 1290. The summed E-state index contributed by atoms with van der Waals surface area (Å²) in [5.74, 6) is 1.21. The number of nitrogens with zero attached hydrogens (tertiary/aromatic N) is 4. The Balaban J connectivity index is 1.07.